The number of aryl methyl sites for hydroxylation is 1. The minimum absolute atomic E-state index is 0.0714. The average Bonchev–Trinajstić information content (AvgIpc) is 2.36. The second-order valence-electron chi connectivity index (χ2n) is 5.36. The Kier molecular flexibility index (Phi) is 5.12. The van der Waals surface area contributed by atoms with E-state index in [0.717, 1.165) is 16.7 Å². The molecule has 0 spiro atoms. The number of rotatable bonds is 5. The Morgan fingerprint density at radius 2 is 1.74 bits per heavy atom. The Bertz CT molecular complexity index is 548. The second-order valence-corrected chi connectivity index (χ2v) is 6.95. The van der Waals surface area contributed by atoms with Crippen LogP contribution in [-0.2, 0) is 16.4 Å². The van der Waals surface area contributed by atoms with E-state index in [0.29, 0.717) is 12.3 Å². The molecule has 1 aromatic rings. The maximum Gasteiger partial charge on any atom is 0.262 e. The molecule has 4 nitrogen and oxygen atoms in total. The molecule has 0 amide bonds. The monoisotopic (exact) mass is 285 g/mol. The average molecular weight is 285 g/mol. The van der Waals surface area contributed by atoms with Crippen LogP contribution in [0.1, 0.15) is 63.1 Å². The molecule has 0 bridgehead atoms. The van der Waals surface area contributed by atoms with Crippen molar-refractivity contribution in [3.63, 3.8) is 0 Å². The third-order valence-electron chi connectivity index (χ3n) is 3.28. The molecule has 0 unspecified atom stereocenters. The topological polar surface area (TPSA) is 66.4 Å². The summed E-state index contributed by atoms with van der Waals surface area (Å²) in [4.78, 5) is 1.67. The van der Waals surface area contributed by atoms with E-state index in [4.69, 9.17) is 5.21 Å². The largest absolute Gasteiger partial charge is 0.302 e. The van der Waals surface area contributed by atoms with Gasteiger partial charge in [-0.1, -0.05) is 51.6 Å². The van der Waals surface area contributed by atoms with E-state index in [1.54, 1.807) is 0 Å². The van der Waals surface area contributed by atoms with Gasteiger partial charge in [0.25, 0.3) is 10.0 Å². The third-order valence-corrected chi connectivity index (χ3v) is 4.55. The van der Waals surface area contributed by atoms with Crippen molar-refractivity contribution in [2.45, 2.75) is 57.8 Å². The van der Waals surface area contributed by atoms with Gasteiger partial charge in [0.1, 0.15) is 0 Å². The summed E-state index contributed by atoms with van der Waals surface area (Å²) in [6.45, 7) is 9.99. The summed E-state index contributed by atoms with van der Waals surface area (Å²) in [5.41, 5.74) is 2.62. The first kappa shape index (κ1) is 16.1. The quantitative estimate of drug-likeness (QED) is 0.817. The normalized spacial score (nSPS) is 12.4. The fraction of sp³-hybridized carbons (Fsp3) is 0.571. The fourth-order valence-electron chi connectivity index (χ4n) is 2.14. The van der Waals surface area contributed by atoms with Crippen molar-refractivity contribution in [3.05, 3.63) is 28.8 Å². The maximum absolute atomic E-state index is 12.0. The molecule has 0 atom stereocenters. The summed E-state index contributed by atoms with van der Waals surface area (Å²) in [5, 5.41) is 8.91. The van der Waals surface area contributed by atoms with Gasteiger partial charge in [-0.05, 0) is 34.9 Å². The molecule has 19 heavy (non-hydrogen) atoms. The SMILES string of the molecule is CCc1cc(C(C)C)cc(C(C)C)c1S(=O)(=O)NO. The van der Waals surface area contributed by atoms with E-state index in [9.17, 15) is 8.42 Å². The van der Waals surface area contributed by atoms with Crippen LogP contribution in [0.25, 0.3) is 0 Å². The predicted octanol–water partition coefficient (Wildman–Crippen LogP) is 3.16. The lowest BCUT2D eigenvalue weighted by Gasteiger charge is -2.19. The first-order chi connectivity index (χ1) is 8.74. The molecule has 2 N–H and O–H groups in total. The van der Waals surface area contributed by atoms with Crippen molar-refractivity contribution in [1.82, 2.24) is 4.89 Å². The molecule has 1 aromatic carbocycles. The summed E-state index contributed by atoms with van der Waals surface area (Å²) in [7, 11) is -3.85. The van der Waals surface area contributed by atoms with Crippen LogP contribution < -0.4 is 4.89 Å². The molecule has 0 saturated heterocycles. The smallest absolute Gasteiger partial charge is 0.262 e. The minimum Gasteiger partial charge on any atom is -0.302 e. The minimum atomic E-state index is -3.85. The molecular formula is C14H23NO3S. The Morgan fingerprint density at radius 1 is 1.16 bits per heavy atom. The van der Waals surface area contributed by atoms with Crippen molar-refractivity contribution in [1.29, 1.82) is 0 Å². The first-order valence-corrected chi connectivity index (χ1v) is 8.05. The Hall–Kier alpha value is -0.910. The summed E-state index contributed by atoms with van der Waals surface area (Å²) in [6, 6.07) is 3.85. The molecule has 0 aliphatic carbocycles. The fourth-order valence-corrected chi connectivity index (χ4v) is 3.38. The molecule has 0 aliphatic rings. The molecule has 0 aliphatic heterocycles. The zero-order valence-electron chi connectivity index (χ0n) is 12.2. The van der Waals surface area contributed by atoms with Crippen molar-refractivity contribution in [3.8, 4) is 0 Å². The second kappa shape index (κ2) is 6.03. The number of sulfonamides is 1. The molecule has 0 heterocycles. The van der Waals surface area contributed by atoms with Gasteiger partial charge in [0.05, 0.1) is 4.90 Å². The Morgan fingerprint density at radius 3 is 2.11 bits per heavy atom. The predicted molar refractivity (Wildman–Crippen MR) is 76.1 cm³/mol. The standard InChI is InChI=1S/C14H23NO3S/c1-6-11-7-12(9(2)3)8-13(10(4)5)14(11)19(17,18)15-16/h7-10,15-16H,6H2,1-5H3. The van der Waals surface area contributed by atoms with Gasteiger partial charge in [-0.15, -0.1) is 0 Å². The lowest BCUT2D eigenvalue weighted by atomic mass is 9.92. The van der Waals surface area contributed by atoms with Crippen LogP contribution in [0.3, 0.4) is 0 Å². The molecule has 108 valence electrons. The number of hydrogen-bond acceptors (Lipinski definition) is 3. The summed E-state index contributed by atoms with van der Waals surface area (Å²) >= 11 is 0. The maximum atomic E-state index is 12.0. The highest BCUT2D eigenvalue weighted by atomic mass is 32.2. The van der Waals surface area contributed by atoms with Crippen LogP contribution in [-0.4, -0.2) is 13.6 Å². The van der Waals surface area contributed by atoms with Gasteiger partial charge in [0.2, 0.25) is 0 Å². The van der Waals surface area contributed by atoms with E-state index in [1.807, 2.05) is 32.9 Å². The molecular weight excluding hydrogens is 262 g/mol. The van der Waals surface area contributed by atoms with Crippen LogP contribution in [0.5, 0.6) is 0 Å². The van der Waals surface area contributed by atoms with Gasteiger partial charge >= 0.3 is 0 Å². The molecule has 0 aromatic heterocycles. The van der Waals surface area contributed by atoms with Crippen molar-refractivity contribution < 1.29 is 13.6 Å². The van der Waals surface area contributed by atoms with E-state index in [-0.39, 0.29) is 10.8 Å². The van der Waals surface area contributed by atoms with Gasteiger partial charge in [-0.3, -0.25) is 0 Å². The Balaban J connectivity index is 3.69. The van der Waals surface area contributed by atoms with Crippen LogP contribution in [0.2, 0.25) is 0 Å². The molecule has 0 radical (unpaired) electrons. The summed E-state index contributed by atoms with van der Waals surface area (Å²) < 4.78 is 24.1. The van der Waals surface area contributed by atoms with Crippen LogP contribution in [0.4, 0.5) is 0 Å². The first-order valence-electron chi connectivity index (χ1n) is 6.57. The lowest BCUT2D eigenvalue weighted by Crippen LogP contribution is -2.23. The van der Waals surface area contributed by atoms with Crippen molar-refractivity contribution >= 4 is 10.0 Å². The highest BCUT2D eigenvalue weighted by Crippen LogP contribution is 2.31. The van der Waals surface area contributed by atoms with E-state index in [2.05, 4.69) is 13.8 Å². The zero-order valence-corrected chi connectivity index (χ0v) is 13.0. The van der Waals surface area contributed by atoms with Crippen molar-refractivity contribution in [2.75, 3.05) is 0 Å². The number of benzene rings is 1. The molecule has 1 rings (SSSR count). The van der Waals surface area contributed by atoms with Gasteiger partial charge in [-0.25, -0.2) is 8.42 Å². The zero-order chi connectivity index (χ0) is 14.8. The van der Waals surface area contributed by atoms with E-state index < -0.39 is 10.0 Å². The van der Waals surface area contributed by atoms with Crippen LogP contribution >= 0.6 is 0 Å². The highest BCUT2D eigenvalue weighted by molar-refractivity contribution is 7.89. The highest BCUT2D eigenvalue weighted by Gasteiger charge is 2.24. The molecule has 0 fully saturated rings. The van der Waals surface area contributed by atoms with Gasteiger partial charge in [0.15, 0.2) is 0 Å². The van der Waals surface area contributed by atoms with Gasteiger partial charge < -0.3 is 5.21 Å². The van der Waals surface area contributed by atoms with E-state index >= 15 is 0 Å². The van der Waals surface area contributed by atoms with E-state index in [1.165, 1.54) is 4.89 Å². The lowest BCUT2D eigenvalue weighted by molar-refractivity contribution is 0.242. The van der Waals surface area contributed by atoms with Crippen molar-refractivity contribution in [2.24, 2.45) is 0 Å². The number of hydrogen-bond donors (Lipinski definition) is 2. The molecule has 0 saturated carbocycles. The number of nitrogens with one attached hydrogen (secondary N) is 1. The summed E-state index contributed by atoms with van der Waals surface area (Å²) in [6.07, 6.45) is 0.608. The Labute approximate surface area is 115 Å². The van der Waals surface area contributed by atoms with Gasteiger partial charge in [-0.2, -0.15) is 0 Å². The van der Waals surface area contributed by atoms with Crippen LogP contribution in [0.15, 0.2) is 17.0 Å². The van der Waals surface area contributed by atoms with Crippen LogP contribution in [0, 0.1) is 0 Å². The summed E-state index contributed by atoms with van der Waals surface area (Å²) in [5.74, 6) is 0.406. The molecule has 5 heteroatoms. The third kappa shape index (κ3) is 3.35. The van der Waals surface area contributed by atoms with Gasteiger partial charge in [0, 0.05) is 0 Å².